The van der Waals surface area contributed by atoms with Gasteiger partial charge in [-0.15, -0.1) is 0 Å². The number of nitrogens with one attached hydrogen (secondary N) is 1. The Hall–Kier alpha value is -1.66. The molecule has 1 amide bonds. The van der Waals surface area contributed by atoms with E-state index in [1.54, 1.807) is 26.4 Å². The second-order valence-electron chi connectivity index (χ2n) is 5.40. The smallest absolute Gasteiger partial charge is 0.272 e. The Kier molecular flexibility index (Phi) is 5.52. The van der Waals surface area contributed by atoms with Crippen LogP contribution in [0.4, 0.5) is 5.69 Å². The lowest BCUT2D eigenvalue weighted by Gasteiger charge is -2.32. The van der Waals surface area contributed by atoms with Gasteiger partial charge >= 0.3 is 0 Å². The fourth-order valence-corrected chi connectivity index (χ4v) is 2.31. The summed E-state index contributed by atoms with van der Waals surface area (Å²) in [6.07, 6.45) is 1.83. The molecular formula is C15H24N4O2. The number of anilines is 1. The summed E-state index contributed by atoms with van der Waals surface area (Å²) in [4.78, 5) is 19.9. The maximum Gasteiger partial charge on any atom is 0.272 e. The molecular weight excluding hydrogens is 268 g/mol. The molecule has 0 aliphatic carbocycles. The summed E-state index contributed by atoms with van der Waals surface area (Å²) < 4.78 is 5.75. The van der Waals surface area contributed by atoms with Crippen LogP contribution in [0, 0.1) is 0 Å². The van der Waals surface area contributed by atoms with E-state index in [1.807, 2.05) is 6.07 Å². The van der Waals surface area contributed by atoms with E-state index in [0.29, 0.717) is 5.69 Å². The van der Waals surface area contributed by atoms with Crippen LogP contribution in [0.2, 0.25) is 0 Å². The van der Waals surface area contributed by atoms with Crippen molar-refractivity contribution in [3.05, 3.63) is 24.0 Å². The Morgan fingerprint density at radius 1 is 1.57 bits per heavy atom. The second kappa shape index (κ2) is 7.38. The van der Waals surface area contributed by atoms with Crippen molar-refractivity contribution < 1.29 is 9.53 Å². The molecule has 1 aromatic rings. The lowest BCUT2D eigenvalue weighted by atomic mass is 10.2. The molecule has 0 aromatic carbocycles. The van der Waals surface area contributed by atoms with Crippen molar-refractivity contribution in [1.82, 2.24) is 14.8 Å². The molecule has 1 unspecified atom stereocenters. The van der Waals surface area contributed by atoms with Crippen LogP contribution in [0.25, 0.3) is 0 Å². The summed E-state index contributed by atoms with van der Waals surface area (Å²) in [6, 6.07) is 3.65. The van der Waals surface area contributed by atoms with Crippen molar-refractivity contribution in [2.45, 2.75) is 13.0 Å². The third kappa shape index (κ3) is 4.41. The number of likely N-dealkylation sites (N-methyl/N-ethyl adjacent to an activating group) is 1. The van der Waals surface area contributed by atoms with Crippen LogP contribution in [0.15, 0.2) is 18.3 Å². The normalized spacial score (nSPS) is 19.3. The number of rotatable bonds is 5. The predicted molar refractivity (Wildman–Crippen MR) is 82.6 cm³/mol. The van der Waals surface area contributed by atoms with Crippen LogP contribution < -0.4 is 5.32 Å². The van der Waals surface area contributed by atoms with Crippen molar-refractivity contribution in [3.8, 4) is 0 Å². The van der Waals surface area contributed by atoms with Gasteiger partial charge in [0.05, 0.1) is 12.7 Å². The van der Waals surface area contributed by atoms with E-state index in [-0.39, 0.29) is 12.0 Å². The average molecular weight is 292 g/mol. The number of hydrogen-bond acceptors (Lipinski definition) is 5. The molecule has 1 aliphatic rings. The summed E-state index contributed by atoms with van der Waals surface area (Å²) in [5, 5.41) is 3.33. The molecule has 0 radical (unpaired) electrons. The molecule has 1 N–H and O–H groups in total. The first-order valence-electron chi connectivity index (χ1n) is 7.35. The fraction of sp³-hybridized carbons (Fsp3) is 0.600. The highest BCUT2D eigenvalue weighted by Crippen LogP contribution is 2.11. The predicted octanol–water partition coefficient (Wildman–Crippen LogP) is 0.916. The van der Waals surface area contributed by atoms with Gasteiger partial charge in [-0.25, -0.2) is 0 Å². The van der Waals surface area contributed by atoms with E-state index in [1.165, 1.54) is 4.90 Å². The SMILES string of the molecule is CCN1CCOC(CNc2ccnc(C(=O)N(C)C)c2)C1. The topological polar surface area (TPSA) is 57.7 Å². The fourth-order valence-electron chi connectivity index (χ4n) is 2.31. The molecule has 1 aromatic heterocycles. The molecule has 2 heterocycles. The van der Waals surface area contributed by atoms with E-state index in [0.717, 1.165) is 38.5 Å². The number of aromatic nitrogens is 1. The number of pyridine rings is 1. The summed E-state index contributed by atoms with van der Waals surface area (Å²) in [5.41, 5.74) is 1.34. The highest BCUT2D eigenvalue weighted by atomic mass is 16.5. The Morgan fingerprint density at radius 2 is 2.38 bits per heavy atom. The van der Waals surface area contributed by atoms with Gasteiger partial charge in [0.2, 0.25) is 0 Å². The molecule has 1 atom stereocenters. The van der Waals surface area contributed by atoms with E-state index < -0.39 is 0 Å². The van der Waals surface area contributed by atoms with E-state index in [4.69, 9.17) is 4.74 Å². The molecule has 1 fully saturated rings. The third-order valence-electron chi connectivity index (χ3n) is 3.59. The number of carbonyl (C=O) groups excluding carboxylic acids is 1. The van der Waals surface area contributed by atoms with Crippen LogP contribution in [0.3, 0.4) is 0 Å². The zero-order valence-electron chi connectivity index (χ0n) is 13.0. The van der Waals surface area contributed by atoms with Gasteiger partial charge in [0.1, 0.15) is 5.69 Å². The number of nitrogens with zero attached hydrogens (tertiary/aromatic N) is 3. The van der Waals surface area contributed by atoms with Gasteiger partial charge in [0.15, 0.2) is 0 Å². The Morgan fingerprint density at radius 3 is 3.10 bits per heavy atom. The number of hydrogen-bond donors (Lipinski definition) is 1. The first-order chi connectivity index (χ1) is 10.1. The quantitative estimate of drug-likeness (QED) is 0.874. The molecule has 21 heavy (non-hydrogen) atoms. The number of morpholine rings is 1. The number of carbonyl (C=O) groups is 1. The maximum absolute atomic E-state index is 11.9. The third-order valence-corrected chi connectivity index (χ3v) is 3.59. The lowest BCUT2D eigenvalue weighted by Crippen LogP contribution is -2.45. The maximum atomic E-state index is 11.9. The monoisotopic (exact) mass is 292 g/mol. The Labute approximate surface area is 126 Å². The summed E-state index contributed by atoms with van der Waals surface area (Å²) in [5.74, 6) is -0.0928. The minimum absolute atomic E-state index is 0.0928. The van der Waals surface area contributed by atoms with Crippen molar-refractivity contribution in [3.63, 3.8) is 0 Å². The van der Waals surface area contributed by atoms with Gasteiger partial charge in [-0.3, -0.25) is 14.7 Å². The van der Waals surface area contributed by atoms with Gasteiger partial charge in [-0.2, -0.15) is 0 Å². The van der Waals surface area contributed by atoms with E-state index in [9.17, 15) is 4.79 Å². The first-order valence-corrected chi connectivity index (χ1v) is 7.35. The highest BCUT2D eigenvalue weighted by molar-refractivity contribution is 5.92. The Balaban J connectivity index is 1.91. The number of ether oxygens (including phenoxy) is 1. The molecule has 0 spiro atoms. The minimum atomic E-state index is -0.0928. The van der Waals surface area contributed by atoms with E-state index >= 15 is 0 Å². The van der Waals surface area contributed by atoms with Crippen LogP contribution in [-0.2, 0) is 4.74 Å². The van der Waals surface area contributed by atoms with E-state index in [2.05, 4.69) is 22.1 Å². The van der Waals surface area contributed by atoms with Gasteiger partial charge < -0.3 is 15.0 Å². The van der Waals surface area contributed by atoms with Gasteiger partial charge in [-0.1, -0.05) is 6.92 Å². The lowest BCUT2D eigenvalue weighted by molar-refractivity contribution is -0.0191. The highest BCUT2D eigenvalue weighted by Gasteiger charge is 2.19. The standard InChI is InChI=1S/C15H24N4O2/c1-4-19-7-8-21-13(11-19)10-17-12-5-6-16-14(9-12)15(20)18(2)3/h5-6,9,13H,4,7-8,10-11H2,1-3H3,(H,16,17). The van der Waals surface area contributed by atoms with Crippen molar-refractivity contribution in [2.24, 2.45) is 0 Å². The molecule has 1 saturated heterocycles. The van der Waals surface area contributed by atoms with Crippen molar-refractivity contribution in [2.75, 3.05) is 52.2 Å². The van der Waals surface area contributed by atoms with Crippen LogP contribution in [-0.4, -0.2) is 73.7 Å². The zero-order chi connectivity index (χ0) is 15.2. The molecule has 116 valence electrons. The van der Waals surface area contributed by atoms with Crippen LogP contribution >= 0.6 is 0 Å². The van der Waals surface area contributed by atoms with Crippen molar-refractivity contribution in [1.29, 1.82) is 0 Å². The van der Waals surface area contributed by atoms with Crippen molar-refractivity contribution >= 4 is 11.6 Å². The number of amides is 1. The van der Waals surface area contributed by atoms with Gasteiger partial charge in [0.25, 0.3) is 5.91 Å². The zero-order valence-corrected chi connectivity index (χ0v) is 13.0. The molecule has 1 aliphatic heterocycles. The largest absolute Gasteiger partial charge is 0.382 e. The molecule has 6 heteroatoms. The summed E-state index contributed by atoms with van der Waals surface area (Å²) in [6.45, 7) is 6.67. The molecule has 0 bridgehead atoms. The minimum Gasteiger partial charge on any atom is -0.382 e. The average Bonchev–Trinajstić information content (AvgIpc) is 2.52. The summed E-state index contributed by atoms with van der Waals surface area (Å²) >= 11 is 0. The van der Waals surface area contributed by atoms with Crippen LogP contribution in [0.5, 0.6) is 0 Å². The first kappa shape index (κ1) is 15.7. The van der Waals surface area contributed by atoms with Gasteiger partial charge in [-0.05, 0) is 18.7 Å². The molecule has 6 nitrogen and oxygen atoms in total. The second-order valence-corrected chi connectivity index (χ2v) is 5.40. The molecule has 2 rings (SSSR count). The molecule has 0 saturated carbocycles. The Bertz CT molecular complexity index is 478. The summed E-state index contributed by atoms with van der Waals surface area (Å²) in [7, 11) is 3.44. The van der Waals surface area contributed by atoms with Gasteiger partial charge in [0, 0.05) is 45.6 Å². The van der Waals surface area contributed by atoms with Crippen LogP contribution in [0.1, 0.15) is 17.4 Å².